The van der Waals surface area contributed by atoms with Crippen molar-refractivity contribution in [1.82, 2.24) is 24.8 Å². The standard InChI is InChI=1S/C18H17N5O2S/c24-16(9-23-11-22-14(7-17(23)25)12-1-2-12)21-8-15-18(20-5-4-19-15)13-3-6-26-10-13/h3-7,10-12H,1-2,8-9H2,(H,21,24). The molecule has 0 unspecified atom stereocenters. The smallest absolute Gasteiger partial charge is 0.254 e. The quantitative estimate of drug-likeness (QED) is 0.719. The normalized spacial score (nSPS) is 13.5. The highest BCUT2D eigenvalue weighted by molar-refractivity contribution is 7.08. The average molecular weight is 367 g/mol. The molecule has 3 aromatic rings. The van der Waals surface area contributed by atoms with Crippen LogP contribution in [0.25, 0.3) is 11.3 Å². The van der Waals surface area contributed by atoms with E-state index in [9.17, 15) is 9.59 Å². The van der Waals surface area contributed by atoms with Gasteiger partial charge in [0.2, 0.25) is 5.91 Å². The van der Waals surface area contributed by atoms with E-state index in [4.69, 9.17) is 0 Å². The molecule has 4 rings (SSSR count). The third-order valence-corrected chi connectivity index (χ3v) is 4.92. The molecule has 132 valence electrons. The predicted molar refractivity (Wildman–Crippen MR) is 97.7 cm³/mol. The average Bonchev–Trinajstić information content (AvgIpc) is 3.36. The molecule has 0 radical (unpaired) electrons. The van der Waals surface area contributed by atoms with Crippen molar-refractivity contribution in [2.45, 2.75) is 31.8 Å². The van der Waals surface area contributed by atoms with Crippen molar-refractivity contribution in [3.05, 3.63) is 63.4 Å². The lowest BCUT2D eigenvalue weighted by molar-refractivity contribution is -0.121. The van der Waals surface area contributed by atoms with E-state index >= 15 is 0 Å². The topological polar surface area (TPSA) is 89.8 Å². The monoisotopic (exact) mass is 367 g/mol. The van der Waals surface area contributed by atoms with Gasteiger partial charge in [0.05, 0.1) is 30.0 Å². The molecule has 1 aliphatic rings. The Labute approximate surface area is 153 Å². The summed E-state index contributed by atoms with van der Waals surface area (Å²) >= 11 is 1.58. The lowest BCUT2D eigenvalue weighted by Gasteiger charge is -2.09. The van der Waals surface area contributed by atoms with E-state index in [1.165, 1.54) is 17.0 Å². The lowest BCUT2D eigenvalue weighted by atomic mass is 10.2. The first-order valence-corrected chi connectivity index (χ1v) is 9.30. The number of hydrogen-bond acceptors (Lipinski definition) is 6. The summed E-state index contributed by atoms with van der Waals surface area (Å²) in [5.74, 6) is 0.147. The number of amides is 1. The maximum Gasteiger partial charge on any atom is 0.254 e. The van der Waals surface area contributed by atoms with Gasteiger partial charge in [-0.05, 0) is 24.3 Å². The van der Waals surface area contributed by atoms with E-state index in [0.717, 1.165) is 29.8 Å². The molecule has 0 saturated heterocycles. The molecule has 3 aromatic heterocycles. The molecule has 26 heavy (non-hydrogen) atoms. The Morgan fingerprint density at radius 3 is 2.85 bits per heavy atom. The van der Waals surface area contributed by atoms with Crippen molar-refractivity contribution >= 4 is 17.2 Å². The van der Waals surface area contributed by atoms with Crippen molar-refractivity contribution in [2.75, 3.05) is 0 Å². The first kappa shape index (κ1) is 16.6. The van der Waals surface area contributed by atoms with Gasteiger partial charge in [0.25, 0.3) is 5.56 Å². The summed E-state index contributed by atoms with van der Waals surface area (Å²) in [5, 5.41) is 6.76. The molecule has 0 aromatic carbocycles. The van der Waals surface area contributed by atoms with Crippen molar-refractivity contribution < 1.29 is 4.79 Å². The number of carbonyl (C=O) groups excluding carboxylic acids is 1. The van der Waals surface area contributed by atoms with Gasteiger partial charge in [0.15, 0.2) is 0 Å². The third kappa shape index (κ3) is 3.70. The van der Waals surface area contributed by atoms with E-state index in [1.54, 1.807) is 23.7 Å². The van der Waals surface area contributed by atoms with Crippen LogP contribution in [-0.2, 0) is 17.9 Å². The van der Waals surface area contributed by atoms with Gasteiger partial charge in [0.1, 0.15) is 6.54 Å². The Bertz CT molecular complexity index is 979. The summed E-state index contributed by atoms with van der Waals surface area (Å²) in [7, 11) is 0. The van der Waals surface area contributed by atoms with Gasteiger partial charge in [-0.3, -0.25) is 24.1 Å². The van der Waals surface area contributed by atoms with Gasteiger partial charge in [-0.15, -0.1) is 0 Å². The molecular weight excluding hydrogens is 350 g/mol. The number of carbonyl (C=O) groups is 1. The van der Waals surface area contributed by atoms with E-state index in [2.05, 4.69) is 20.3 Å². The molecule has 8 heteroatoms. The molecular formula is C18H17N5O2S. The molecule has 0 atom stereocenters. The highest BCUT2D eigenvalue weighted by Gasteiger charge is 2.25. The molecule has 7 nitrogen and oxygen atoms in total. The Hall–Kier alpha value is -2.87. The number of hydrogen-bond donors (Lipinski definition) is 1. The zero-order valence-corrected chi connectivity index (χ0v) is 14.8. The summed E-state index contributed by atoms with van der Waals surface area (Å²) in [4.78, 5) is 37.3. The second-order valence-electron chi connectivity index (χ2n) is 6.19. The summed E-state index contributed by atoms with van der Waals surface area (Å²) in [5.41, 5.74) is 3.04. The fraction of sp³-hybridized carbons (Fsp3) is 0.278. The summed E-state index contributed by atoms with van der Waals surface area (Å²) in [6, 6.07) is 3.49. The highest BCUT2D eigenvalue weighted by Crippen LogP contribution is 2.38. The number of nitrogens with one attached hydrogen (secondary N) is 1. The first-order valence-electron chi connectivity index (χ1n) is 8.36. The maximum atomic E-state index is 12.2. The fourth-order valence-corrected chi connectivity index (χ4v) is 3.33. The molecule has 1 saturated carbocycles. The van der Waals surface area contributed by atoms with Crippen LogP contribution in [0.5, 0.6) is 0 Å². The Balaban J connectivity index is 1.41. The van der Waals surface area contributed by atoms with Crippen molar-refractivity contribution in [3.8, 4) is 11.3 Å². The zero-order chi connectivity index (χ0) is 17.9. The summed E-state index contributed by atoms with van der Waals surface area (Å²) in [6.07, 6.45) is 6.85. The second-order valence-corrected chi connectivity index (χ2v) is 6.97. The van der Waals surface area contributed by atoms with Crippen LogP contribution < -0.4 is 10.9 Å². The van der Waals surface area contributed by atoms with Gasteiger partial charge in [-0.2, -0.15) is 11.3 Å². The van der Waals surface area contributed by atoms with Crippen LogP contribution in [0.15, 0.2) is 46.4 Å². The van der Waals surface area contributed by atoms with Crippen molar-refractivity contribution in [3.63, 3.8) is 0 Å². The lowest BCUT2D eigenvalue weighted by Crippen LogP contribution is -2.32. The van der Waals surface area contributed by atoms with Crippen molar-refractivity contribution in [2.24, 2.45) is 0 Å². The number of nitrogens with zero attached hydrogens (tertiary/aromatic N) is 4. The minimum absolute atomic E-state index is 0.0647. The van der Waals surface area contributed by atoms with Crippen LogP contribution >= 0.6 is 11.3 Å². The van der Waals surface area contributed by atoms with Crippen molar-refractivity contribution in [1.29, 1.82) is 0 Å². The number of aromatic nitrogens is 4. The van der Waals surface area contributed by atoms with Crippen LogP contribution in [0.4, 0.5) is 0 Å². The maximum absolute atomic E-state index is 12.2. The highest BCUT2D eigenvalue weighted by atomic mass is 32.1. The van der Waals surface area contributed by atoms with Gasteiger partial charge in [-0.1, -0.05) is 0 Å². The fourth-order valence-electron chi connectivity index (χ4n) is 2.69. The van der Waals surface area contributed by atoms with Crippen LogP contribution in [0.3, 0.4) is 0 Å². The number of rotatable bonds is 6. The Morgan fingerprint density at radius 1 is 1.27 bits per heavy atom. The van der Waals surface area contributed by atoms with E-state index in [-0.39, 0.29) is 24.6 Å². The largest absolute Gasteiger partial charge is 0.349 e. The van der Waals surface area contributed by atoms with Crippen LogP contribution in [0, 0.1) is 0 Å². The summed E-state index contributed by atoms with van der Waals surface area (Å²) in [6.45, 7) is 0.186. The summed E-state index contributed by atoms with van der Waals surface area (Å²) < 4.78 is 1.32. The predicted octanol–water partition coefficient (Wildman–Crippen LogP) is 1.96. The van der Waals surface area contributed by atoms with Gasteiger partial charge >= 0.3 is 0 Å². The molecule has 0 spiro atoms. The van der Waals surface area contributed by atoms with Crippen LogP contribution in [0.1, 0.15) is 30.1 Å². The minimum atomic E-state index is -0.269. The molecule has 0 bridgehead atoms. The van der Waals surface area contributed by atoms with Crippen LogP contribution in [0.2, 0.25) is 0 Å². The zero-order valence-electron chi connectivity index (χ0n) is 14.0. The van der Waals surface area contributed by atoms with Gasteiger partial charge < -0.3 is 5.32 Å². The third-order valence-electron chi connectivity index (χ3n) is 4.23. The molecule has 1 amide bonds. The first-order chi connectivity index (χ1) is 12.7. The SMILES string of the molecule is O=C(Cn1cnc(C2CC2)cc1=O)NCc1nccnc1-c1ccsc1. The minimum Gasteiger partial charge on any atom is -0.349 e. The molecule has 1 aliphatic carbocycles. The van der Waals surface area contributed by atoms with E-state index in [1.807, 2.05) is 16.8 Å². The Morgan fingerprint density at radius 2 is 2.12 bits per heavy atom. The molecule has 1 N–H and O–H groups in total. The van der Waals surface area contributed by atoms with E-state index in [0.29, 0.717) is 11.6 Å². The number of thiophene rings is 1. The second kappa shape index (κ2) is 7.17. The molecule has 3 heterocycles. The van der Waals surface area contributed by atoms with E-state index < -0.39 is 0 Å². The Kier molecular flexibility index (Phi) is 4.57. The molecule has 0 aliphatic heterocycles. The van der Waals surface area contributed by atoms with Gasteiger partial charge in [-0.25, -0.2) is 4.98 Å². The molecule has 1 fully saturated rings. The van der Waals surface area contributed by atoms with Crippen LogP contribution in [-0.4, -0.2) is 25.4 Å². The van der Waals surface area contributed by atoms with Gasteiger partial charge in [0, 0.05) is 35.3 Å².